The van der Waals surface area contributed by atoms with E-state index in [0.29, 0.717) is 28.5 Å². The van der Waals surface area contributed by atoms with Crippen LogP contribution in [0, 0.1) is 5.92 Å². The number of esters is 1. The molecule has 4 rings (SSSR count). The standard InChI is InChI=1S/C22H24ClN3O5S3/c1-3-14-6-7-16-17(11-14)32-22(26(16)13-19(27)31-2)24-21(28)15-5-4-10-25(12-15)34(29,30)20-9-8-18(23)33-20/h6-9,11,15H,3-5,10,12-13H2,1-2H3. The molecule has 3 heterocycles. The van der Waals surface area contributed by atoms with Gasteiger partial charge in [0.15, 0.2) is 4.80 Å². The molecule has 8 nitrogen and oxygen atoms in total. The summed E-state index contributed by atoms with van der Waals surface area (Å²) in [4.78, 5) is 29.9. The largest absolute Gasteiger partial charge is 0.468 e. The highest BCUT2D eigenvalue weighted by molar-refractivity contribution is 7.91. The lowest BCUT2D eigenvalue weighted by Gasteiger charge is -2.29. The maximum Gasteiger partial charge on any atom is 0.325 e. The van der Waals surface area contributed by atoms with Crippen LogP contribution < -0.4 is 4.80 Å². The Morgan fingerprint density at radius 1 is 1.24 bits per heavy atom. The Morgan fingerprint density at radius 3 is 2.71 bits per heavy atom. The van der Waals surface area contributed by atoms with E-state index in [4.69, 9.17) is 16.3 Å². The van der Waals surface area contributed by atoms with E-state index in [0.717, 1.165) is 33.5 Å². The van der Waals surface area contributed by atoms with Gasteiger partial charge in [-0.25, -0.2) is 8.42 Å². The Kier molecular flexibility index (Phi) is 7.58. The van der Waals surface area contributed by atoms with E-state index >= 15 is 0 Å². The quantitative estimate of drug-likeness (QED) is 0.443. The summed E-state index contributed by atoms with van der Waals surface area (Å²) in [5.41, 5.74) is 1.93. The van der Waals surface area contributed by atoms with Crippen LogP contribution in [-0.2, 0) is 37.3 Å². The first-order valence-corrected chi connectivity index (χ1v) is 14.2. The predicted octanol–water partition coefficient (Wildman–Crippen LogP) is 3.68. The van der Waals surface area contributed by atoms with E-state index in [1.165, 1.54) is 28.8 Å². The average molecular weight is 542 g/mol. The molecule has 0 N–H and O–H groups in total. The number of piperidine rings is 1. The topological polar surface area (TPSA) is 98.0 Å². The zero-order valence-electron chi connectivity index (χ0n) is 18.7. The molecule has 12 heteroatoms. The van der Waals surface area contributed by atoms with Crippen LogP contribution >= 0.6 is 34.3 Å². The molecule has 34 heavy (non-hydrogen) atoms. The average Bonchev–Trinajstić information content (AvgIpc) is 3.42. The molecular weight excluding hydrogens is 518 g/mol. The normalized spacial score (nSPS) is 17.9. The number of hydrogen-bond donors (Lipinski definition) is 0. The molecule has 1 aliphatic rings. The van der Waals surface area contributed by atoms with Gasteiger partial charge in [-0.15, -0.1) is 11.3 Å². The van der Waals surface area contributed by atoms with Gasteiger partial charge in [-0.05, 0) is 49.1 Å². The Morgan fingerprint density at radius 2 is 2.03 bits per heavy atom. The number of hydrogen-bond acceptors (Lipinski definition) is 7. The van der Waals surface area contributed by atoms with Gasteiger partial charge in [-0.3, -0.25) is 9.59 Å². The van der Waals surface area contributed by atoms with Gasteiger partial charge in [0.05, 0.1) is 27.6 Å². The van der Waals surface area contributed by atoms with Crippen molar-refractivity contribution in [3.8, 4) is 0 Å². The summed E-state index contributed by atoms with van der Waals surface area (Å²) in [6.07, 6.45) is 1.96. The smallest absolute Gasteiger partial charge is 0.325 e. The van der Waals surface area contributed by atoms with E-state index < -0.39 is 27.8 Å². The fourth-order valence-electron chi connectivity index (χ4n) is 3.88. The number of aromatic nitrogens is 1. The Balaban J connectivity index is 1.65. The van der Waals surface area contributed by atoms with Crippen molar-refractivity contribution < 1.29 is 22.7 Å². The van der Waals surface area contributed by atoms with E-state index in [1.807, 2.05) is 18.2 Å². The first-order valence-electron chi connectivity index (χ1n) is 10.8. The molecule has 1 unspecified atom stereocenters. The molecule has 2 aromatic heterocycles. The summed E-state index contributed by atoms with van der Waals surface area (Å²) in [5.74, 6) is -1.41. The number of rotatable bonds is 6. The molecule has 0 bridgehead atoms. The van der Waals surface area contributed by atoms with E-state index in [2.05, 4.69) is 11.9 Å². The number of nitrogens with zero attached hydrogens (tertiary/aromatic N) is 3. The second-order valence-electron chi connectivity index (χ2n) is 7.91. The molecule has 1 aliphatic heterocycles. The maximum absolute atomic E-state index is 13.2. The van der Waals surface area contributed by atoms with Gasteiger partial charge in [0, 0.05) is 13.1 Å². The molecular formula is C22H24ClN3O5S3. The first kappa shape index (κ1) is 25.1. The molecule has 1 saturated heterocycles. The van der Waals surface area contributed by atoms with Crippen LogP contribution in [0.2, 0.25) is 4.34 Å². The number of sulfonamides is 1. The van der Waals surface area contributed by atoms with Gasteiger partial charge in [-0.2, -0.15) is 9.30 Å². The van der Waals surface area contributed by atoms with Crippen LogP contribution in [0.4, 0.5) is 0 Å². The number of carbonyl (C=O) groups is 2. The number of aryl methyl sites for hydroxylation is 1. The van der Waals surface area contributed by atoms with Gasteiger partial charge in [-0.1, -0.05) is 35.9 Å². The Hall–Kier alpha value is -2.05. The number of carbonyl (C=O) groups excluding carboxylic acids is 2. The molecule has 1 fully saturated rings. The molecule has 1 amide bonds. The second-order valence-corrected chi connectivity index (χ2v) is 12.8. The zero-order chi connectivity index (χ0) is 24.5. The highest BCUT2D eigenvalue weighted by atomic mass is 35.5. The minimum atomic E-state index is -3.73. The van der Waals surface area contributed by atoms with Crippen molar-refractivity contribution in [3.05, 3.63) is 45.0 Å². The summed E-state index contributed by atoms with van der Waals surface area (Å²) in [6.45, 7) is 2.38. The van der Waals surface area contributed by atoms with Crippen LogP contribution in [0.15, 0.2) is 39.5 Å². The van der Waals surface area contributed by atoms with Gasteiger partial charge in [0.2, 0.25) is 0 Å². The number of halogens is 1. The fourth-order valence-corrected chi connectivity index (χ4v) is 8.14. The lowest BCUT2D eigenvalue weighted by atomic mass is 9.99. The summed E-state index contributed by atoms with van der Waals surface area (Å²) in [5, 5.41) is 0. The molecule has 1 aromatic carbocycles. The molecule has 0 saturated carbocycles. The van der Waals surface area contributed by atoms with Gasteiger partial charge < -0.3 is 9.30 Å². The molecule has 0 radical (unpaired) electrons. The number of benzene rings is 1. The molecule has 1 atom stereocenters. The Labute approximate surface area is 210 Å². The van der Waals surface area contributed by atoms with Gasteiger partial charge >= 0.3 is 5.97 Å². The van der Waals surface area contributed by atoms with Crippen molar-refractivity contribution in [2.45, 2.75) is 36.9 Å². The van der Waals surface area contributed by atoms with Crippen molar-refractivity contribution in [3.63, 3.8) is 0 Å². The summed E-state index contributed by atoms with van der Waals surface area (Å²) >= 11 is 8.25. The SMILES string of the molecule is CCc1ccc2c(c1)sc(=NC(=O)C1CCCN(S(=O)(=O)c3ccc(Cl)s3)C1)n2CC(=O)OC. The summed E-state index contributed by atoms with van der Waals surface area (Å²) in [6, 6.07) is 8.95. The minimum Gasteiger partial charge on any atom is -0.468 e. The third-order valence-corrected chi connectivity index (χ3v) is 10.4. The van der Waals surface area contributed by atoms with Crippen LogP contribution in [0.25, 0.3) is 10.2 Å². The summed E-state index contributed by atoms with van der Waals surface area (Å²) in [7, 11) is -2.41. The van der Waals surface area contributed by atoms with E-state index in [1.54, 1.807) is 10.6 Å². The molecule has 0 aliphatic carbocycles. The highest BCUT2D eigenvalue weighted by Gasteiger charge is 2.34. The van der Waals surface area contributed by atoms with E-state index in [9.17, 15) is 18.0 Å². The van der Waals surface area contributed by atoms with Gasteiger partial charge in [0.25, 0.3) is 15.9 Å². The van der Waals surface area contributed by atoms with Crippen molar-refractivity contribution in [1.29, 1.82) is 0 Å². The lowest BCUT2D eigenvalue weighted by molar-refractivity contribution is -0.141. The maximum atomic E-state index is 13.2. The predicted molar refractivity (Wildman–Crippen MR) is 133 cm³/mol. The third-order valence-electron chi connectivity index (χ3n) is 5.75. The number of methoxy groups -OCH3 is 1. The van der Waals surface area contributed by atoms with Crippen molar-refractivity contribution in [2.24, 2.45) is 10.9 Å². The van der Waals surface area contributed by atoms with E-state index in [-0.39, 0.29) is 17.3 Å². The fraction of sp³-hybridized carbons (Fsp3) is 0.409. The molecule has 182 valence electrons. The van der Waals surface area contributed by atoms with Crippen LogP contribution in [0.5, 0.6) is 0 Å². The minimum absolute atomic E-state index is 0.0576. The Bertz CT molecular complexity index is 1410. The van der Waals surface area contributed by atoms with Gasteiger partial charge in [0.1, 0.15) is 10.8 Å². The lowest BCUT2D eigenvalue weighted by Crippen LogP contribution is -2.42. The van der Waals surface area contributed by atoms with Crippen molar-refractivity contribution in [2.75, 3.05) is 20.2 Å². The first-order chi connectivity index (χ1) is 16.2. The molecule has 3 aromatic rings. The number of fused-ring (bicyclic) bond motifs is 1. The second kappa shape index (κ2) is 10.3. The zero-order valence-corrected chi connectivity index (χ0v) is 21.9. The molecule has 0 spiro atoms. The van der Waals surface area contributed by atoms with Crippen molar-refractivity contribution >= 4 is 66.4 Å². The summed E-state index contributed by atoms with van der Waals surface area (Å²) < 4.78 is 35.3. The number of ether oxygens (including phenoxy) is 1. The third kappa shape index (κ3) is 5.13. The van der Waals surface area contributed by atoms with Crippen molar-refractivity contribution in [1.82, 2.24) is 8.87 Å². The van der Waals surface area contributed by atoms with Crippen LogP contribution in [0.3, 0.4) is 0 Å². The van der Waals surface area contributed by atoms with Crippen LogP contribution in [-0.4, -0.2) is 49.4 Å². The number of thiazole rings is 1. The number of amides is 1. The van der Waals surface area contributed by atoms with Crippen LogP contribution in [0.1, 0.15) is 25.3 Å². The highest BCUT2D eigenvalue weighted by Crippen LogP contribution is 2.31. The monoisotopic (exact) mass is 541 g/mol. The number of thiophene rings is 1.